The molecule has 113 heavy (non-hydrogen) atoms. The third-order valence-electron chi connectivity index (χ3n) is 23.1. The molecule has 0 saturated carbocycles. The monoisotopic (exact) mass is 1620 g/mol. The van der Waals surface area contributed by atoms with Gasteiger partial charge in [0.15, 0.2) is 0 Å². The number of likely N-dealkylation sites (N-methyl/N-ethyl adjacent to an activating group) is 3. The summed E-state index contributed by atoms with van der Waals surface area (Å²) in [5.41, 5.74) is 0. The molecule has 6 atom stereocenters. The van der Waals surface area contributed by atoms with Crippen LogP contribution in [0.1, 0.15) is 406 Å². The fourth-order valence-corrected chi connectivity index (χ4v) is 18.1. The lowest BCUT2D eigenvalue weighted by Crippen LogP contribution is -2.42. The molecule has 3 aliphatic heterocycles. The van der Waals surface area contributed by atoms with Crippen molar-refractivity contribution in [3.05, 3.63) is 0 Å². The third kappa shape index (κ3) is 60.8. The molecule has 3 rings (SSSR count). The van der Waals surface area contributed by atoms with Crippen LogP contribution in [0.2, 0.25) is 0 Å². The number of carbonyl (C=O) groups excluding carboxylic acids is 3. The van der Waals surface area contributed by atoms with E-state index in [1.54, 1.807) is 14.7 Å². The number of likely N-dealkylation sites (tertiary alicyclic amines) is 3. The average Bonchev–Trinajstić information content (AvgIpc) is 0.820. The van der Waals surface area contributed by atoms with E-state index in [4.69, 9.17) is 42.0 Å². The molecular formula is C93H183N6O13P. The van der Waals surface area contributed by atoms with Crippen LogP contribution in [0.5, 0.6) is 0 Å². The van der Waals surface area contributed by atoms with Gasteiger partial charge in [0.2, 0.25) is 0 Å². The summed E-state index contributed by atoms with van der Waals surface area (Å²) in [6.07, 6.45) is 64.8. The number of phosphoric ester groups is 1. The van der Waals surface area contributed by atoms with Gasteiger partial charge in [0, 0.05) is 98.0 Å². The molecule has 3 saturated heterocycles. The maximum atomic E-state index is 16.8. The van der Waals surface area contributed by atoms with Crippen LogP contribution in [0.4, 0.5) is 14.4 Å². The van der Waals surface area contributed by atoms with E-state index in [2.05, 4.69) is 20.8 Å². The molecule has 0 aromatic carbocycles. The summed E-state index contributed by atoms with van der Waals surface area (Å²) in [4.78, 5) is 53.9. The van der Waals surface area contributed by atoms with Gasteiger partial charge >= 0.3 is 26.1 Å². The van der Waals surface area contributed by atoms with Gasteiger partial charge in [0.05, 0.1) is 38.1 Å². The zero-order valence-electron chi connectivity index (χ0n) is 75.4. The Labute approximate surface area is 696 Å². The van der Waals surface area contributed by atoms with E-state index in [0.717, 1.165) is 116 Å². The molecule has 3 aliphatic rings. The predicted octanol–water partition coefficient (Wildman–Crippen LogP) is 24.9. The van der Waals surface area contributed by atoms with Gasteiger partial charge < -0.3 is 57.8 Å². The smallest absolute Gasteiger partial charge is 0.444 e. The van der Waals surface area contributed by atoms with Gasteiger partial charge in [-0.15, -0.1) is 0 Å². The standard InChI is InChI=1S/C93H183N6O13P/c1-10-13-16-19-22-25-28-31-34-37-40-43-46-49-52-64-73-104-82-88(107-91(100)97-67-58-55-59-68-97)76-85(79-94(4)5)110-113(103,111-86(80-95(6)7)77-89(108-92(101)98-69-60-56-61-70-98)83-105-74-65-53-50-47-44-41-38-35-32-29-26-23-20-17-14-11-2)112-87(81-96(8)9)78-90(109-93(102)99-71-62-57-63-72-99)84-106-75-66-54-51-48-45-42-39-36-33-30-27-24-21-18-15-12-3/h85-90H,10-84H2,1-9H3. The van der Waals surface area contributed by atoms with Crippen LogP contribution in [-0.4, -0.2) is 225 Å². The van der Waals surface area contributed by atoms with E-state index >= 15 is 4.57 Å². The van der Waals surface area contributed by atoms with E-state index < -0.39 is 44.4 Å². The average molecular weight is 1620 g/mol. The van der Waals surface area contributed by atoms with Crippen LogP contribution in [0.3, 0.4) is 0 Å². The molecule has 0 aromatic rings. The van der Waals surface area contributed by atoms with E-state index in [0.29, 0.717) is 59.1 Å². The second-order valence-corrected chi connectivity index (χ2v) is 36.9. The second-order valence-electron chi connectivity index (χ2n) is 35.4. The molecule has 668 valence electrons. The summed E-state index contributed by atoms with van der Waals surface area (Å²) in [6, 6.07) is 0. The zero-order chi connectivity index (χ0) is 81.6. The zero-order valence-corrected chi connectivity index (χ0v) is 76.3. The summed E-state index contributed by atoms with van der Waals surface area (Å²) >= 11 is 0. The Morgan fingerprint density at radius 2 is 0.442 bits per heavy atom. The molecule has 0 aromatic heterocycles. The minimum absolute atomic E-state index is 0.136. The first kappa shape index (κ1) is 105. The summed E-state index contributed by atoms with van der Waals surface area (Å²) in [5, 5.41) is 0. The molecule has 19 nitrogen and oxygen atoms in total. The SMILES string of the molecule is CCCCCCCCCCCCCCCCCCOCC(CC(CN(C)C)OP(=O)(OC(CC(COCCCCCCCCCCCCCCCCCC)OC(=O)N1CCCCC1)CN(C)C)OC(CC(COCCCCCCCCCCCCCCCCCC)OC(=O)N1CCCCC1)CN(C)C)OC(=O)N1CCCCC1. The highest BCUT2D eigenvalue weighted by molar-refractivity contribution is 7.48. The Balaban J connectivity index is 1.90. The molecule has 0 N–H and O–H groups in total. The van der Waals surface area contributed by atoms with Gasteiger partial charge in [-0.05, 0) is 119 Å². The molecule has 3 fully saturated rings. The van der Waals surface area contributed by atoms with Crippen molar-refractivity contribution in [1.82, 2.24) is 29.4 Å². The van der Waals surface area contributed by atoms with Gasteiger partial charge in [0.25, 0.3) is 0 Å². The normalized spacial score (nSPS) is 16.6. The van der Waals surface area contributed by atoms with Crippen molar-refractivity contribution in [3.8, 4) is 0 Å². The number of unbranched alkanes of at least 4 members (excludes halogenated alkanes) is 45. The quantitative estimate of drug-likeness (QED) is 0.0320. The number of nitrogens with zero attached hydrogens (tertiary/aromatic N) is 6. The molecule has 0 spiro atoms. The molecule has 3 amide bonds. The minimum Gasteiger partial charge on any atom is -0.444 e. The number of carbonyl (C=O) groups is 3. The largest absolute Gasteiger partial charge is 0.475 e. The molecule has 0 radical (unpaired) electrons. The van der Waals surface area contributed by atoms with Crippen molar-refractivity contribution in [1.29, 1.82) is 0 Å². The van der Waals surface area contributed by atoms with Crippen molar-refractivity contribution < 1.29 is 60.9 Å². The Morgan fingerprint density at radius 1 is 0.265 bits per heavy atom. The maximum Gasteiger partial charge on any atom is 0.475 e. The number of ether oxygens (including phenoxy) is 6. The summed E-state index contributed by atoms with van der Waals surface area (Å²) in [6.45, 7) is 13.4. The number of piperidine rings is 3. The second kappa shape index (κ2) is 73.6. The molecule has 0 bridgehead atoms. The highest BCUT2D eigenvalue weighted by Gasteiger charge is 2.41. The Bertz CT molecular complexity index is 1960. The van der Waals surface area contributed by atoms with Gasteiger partial charge in [-0.25, -0.2) is 18.9 Å². The lowest BCUT2D eigenvalue weighted by molar-refractivity contribution is -0.0498. The number of phosphoric acid groups is 1. The highest BCUT2D eigenvalue weighted by atomic mass is 31.2. The van der Waals surface area contributed by atoms with Gasteiger partial charge in [-0.3, -0.25) is 13.6 Å². The van der Waals surface area contributed by atoms with Crippen molar-refractivity contribution >= 4 is 26.1 Å². The lowest BCUT2D eigenvalue weighted by Gasteiger charge is -2.35. The molecular weight excluding hydrogens is 1440 g/mol. The number of rotatable bonds is 78. The predicted molar refractivity (Wildman–Crippen MR) is 470 cm³/mol. The van der Waals surface area contributed by atoms with Gasteiger partial charge in [0.1, 0.15) is 18.3 Å². The van der Waals surface area contributed by atoms with E-state index in [9.17, 15) is 14.4 Å². The molecule has 20 heteroatoms. The van der Waals surface area contributed by atoms with Crippen molar-refractivity contribution in [2.24, 2.45) is 0 Å². The third-order valence-corrected chi connectivity index (χ3v) is 24.8. The Hall–Kier alpha value is -2.32. The number of hydrogen-bond acceptors (Lipinski definition) is 16. The van der Waals surface area contributed by atoms with Crippen LogP contribution in [0.25, 0.3) is 0 Å². The summed E-state index contributed by atoms with van der Waals surface area (Å²) in [5.74, 6) is 0. The first-order valence-corrected chi connectivity index (χ1v) is 49.8. The highest BCUT2D eigenvalue weighted by Crippen LogP contribution is 2.54. The maximum absolute atomic E-state index is 16.8. The van der Waals surface area contributed by atoms with Gasteiger partial charge in [-0.2, -0.15) is 0 Å². The first-order valence-electron chi connectivity index (χ1n) is 48.3. The van der Waals surface area contributed by atoms with Crippen molar-refractivity contribution in [2.75, 3.05) is 141 Å². The van der Waals surface area contributed by atoms with E-state index in [1.165, 1.54) is 250 Å². The van der Waals surface area contributed by atoms with E-state index in [-0.39, 0.29) is 77.0 Å². The fraction of sp³-hybridized carbons (Fsp3) is 0.968. The number of amides is 3. The number of hydrogen-bond donors (Lipinski definition) is 0. The topological polar surface area (TPSA) is 171 Å². The van der Waals surface area contributed by atoms with Crippen LogP contribution >= 0.6 is 7.82 Å². The van der Waals surface area contributed by atoms with Crippen molar-refractivity contribution in [2.45, 2.75) is 443 Å². The van der Waals surface area contributed by atoms with E-state index in [1.807, 2.05) is 57.0 Å². The lowest BCUT2D eigenvalue weighted by atomic mass is 10.0. The fourth-order valence-electron chi connectivity index (χ4n) is 16.4. The van der Waals surface area contributed by atoms with Gasteiger partial charge in [-0.1, -0.05) is 310 Å². The Kier molecular flexibility index (Phi) is 68.3. The molecule has 6 unspecified atom stereocenters. The minimum atomic E-state index is -4.76. The summed E-state index contributed by atoms with van der Waals surface area (Å²) in [7, 11) is 6.89. The van der Waals surface area contributed by atoms with Crippen LogP contribution in [-0.2, 0) is 46.6 Å². The molecule has 0 aliphatic carbocycles. The summed E-state index contributed by atoms with van der Waals surface area (Å²) < 4.78 is 76.8. The first-order chi connectivity index (χ1) is 55.1. The Morgan fingerprint density at radius 3 is 0.619 bits per heavy atom. The van der Waals surface area contributed by atoms with Crippen LogP contribution in [0, 0.1) is 0 Å². The van der Waals surface area contributed by atoms with Crippen LogP contribution < -0.4 is 0 Å². The van der Waals surface area contributed by atoms with Crippen molar-refractivity contribution in [3.63, 3.8) is 0 Å². The molecule has 3 heterocycles. The van der Waals surface area contributed by atoms with Crippen LogP contribution in [0.15, 0.2) is 0 Å².